The molecule has 0 amide bonds. The normalized spacial score (nSPS) is 12.5. The summed E-state index contributed by atoms with van der Waals surface area (Å²) in [7, 11) is 0. The fourth-order valence-corrected chi connectivity index (χ4v) is 10.6. The van der Waals surface area contributed by atoms with Gasteiger partial charge in [-0.3, -0.25) is 0 Å². The summed E-state index contributed by atoms with van der Waals surface area (Å²) in [6, 6.07) is 25.5. The van der Waals surface area contributed by atoms with Crippen LogP contribution in [-0.4, -0.2) is 32.8 Å². The average Bonchev–Trinajstić information content (AvgIpc) is 2.97. The average molecular weight is 423 g/mol. The molecule has 0 saturated carbocycles. The molecule has 0 radical (unpaired) electrons. The summed E-state index contributed by atoms with van der Waals surface area (Å²) in [5, 5.41) is 0. The third-order valence-electron chi connectivity index (χ3n) is 4.22. The number of carbonyl (C=O) groups is 1. The topological polar surface area (TPSA) is 26.3 Å². The Kier molecular flexibility index (Phi) is 4.16. The maximum atomic E-state index is 11.9. The molecule has 1 aliphatic rings. The summed E-state index contributed by atoms with van der Waals surface area (Å²) in [5.74, 6) is -0.247. The van der Waals surface area contributed by atoms with E-state index in [0.29, 0.717) is 12.2 Å². The third-order valence-corrected chi connectivity index (χ3v) is 11.5. The standard InChI is InChI=1S/C12H8.C9H9O2.Sb/c1-3-7-11(8-4-1)12-9-5-2-6-10-12;1-2-11-9(10)8-6-4-3-5-7-8;/h1-7,9H;4-7H,2H2,1H3;. The van der Waals surface area contributed by atoms with Crippen molar-refractivity contribution < 1.29 is 9.53 Å². The Morgan fingerprint density at radius 1 is 0.833 bits per heavy atom. The molecule has 4 rings (SSSR count). The minimum absolute atomic E-state index is 0.247. The van der Waals surface area contributed by atoms with E-state index in [2.05, 4.69) is 60.7 Å². The van der Waals surface area contributed by atoms with Gasteiger partial charge in [-0.05, 0) is 0 Å². The van der Waals surface area contributed by atoms with Crippen molar-refractivity contribution in [2.45, 2.75) is 6.92 Å². The van der Waals surface area contributed by atoms with E-state index in [1.54, 1.807) is 0 Å². The molecule has 0 saturated heterocycles. The number of hydrogen-bond acceptors (Lipinski definition) is 2. The van der Waals surface area contributed by atoms with Gasteiger partial charge in [0, 0.05) is 0 Å². The number of fused-ring (bicyclic) bond motifs is 3. The number of hydrogen-bond donors (Lipinski definition) is 0. The van der Waals surface area contributed by atoms with Crippen LogP contribution >= 0.6 is 0 Å². The molecule has 1 heterocycles. The second-order valence-electron chi connectivity index (χ2n) is 5.64. The summed E-state index contributed by atoms with van der Waals surface area (Å²) in [6.07, 6.45) is 0. The van der Waals surface area contributed by atoms with Crippen LogP contribution in [-0.2, 0) is 4.74 Å². The van der Waals surface area contributed by atoms with Crippen molar-refractivity contribution in [2.75, 3.05) is 6.61 Å². The summed E-state index contributed by atoms with van der Waals surface area (Å²) in [4.78, 5) is 11.9. The van der Waals surface area contributed by atoms with Crippen molar-refractivity contribution in [2.24, 2.45) is 0 Å². The van der Waals surface area contributed by atoms with E-state index >= 15 is 0 Å². The van der Waals surface area contributed by atoms with Crippen molar-refractivity contribution in [1.29, 1.82) is 0 Å². The second-order valence-corrected chi connectivity index (χ2v) is 11.8. The molecular weight excluding hydrogens is 406 g/mol. The molecule has 0 fully saturated rings. The molecule has 2 nitrogen and oxygen atoms in total. The quantitative estimate of drug-likeness (QED) is 0.374. The van der Waals surface area contributed by atoms with Crippen LogP contribution in [0, 0.1) is 0 Å². The fraction of sp³-hybridized carbons (Fsp3) is 0.0952. The van der Waals surface area contributed by atoms with E-state index in [9.17, 15) is 4.79 Å². The van der Waals surface area contributed by atoms with E-state index in [-0.39, 0.29) is 5.97 Å². The Morgan fingerprint density at radius 2 is 1.38 bits per heavy atom. The number of carbonyl (C=O) groups excluding carboxylic acids is 1. The first-order chi connectivity index (χ1) is 11.8. The summed E-state index contributed by atoms with van der Waals surface area (Å²) in [5.41, 5.74) is 3.39. The van der Waals surface area contributed by atoms with Crippen molar-refractivity contribution in [3.05, 3.63) is 78.4 Å². The molecule has 0 atom stereocenters. The van der Waals surface area contributed by atoms with Crippen molar-refractivity contribution in [1.82, 2.24) is 0 Å². The SMILES string of the molecule is CCOC(=O)c1cc[c]([Sb]2[c]3ccccc3-c3cccc[c]32)cc1. The van der Waals surface area contributed by atoms with E-state index < -0.39 is 20.2 Å². The Labute approximate surface area is 149 Å². The molecule has 0 bridgehead atoms. The molecule has 3 heteroatoms. The molecule has 0 unspecified atom stereocenters. The van der Waals surface area contributed by atoms with Crippen LogP contribution in [0.5, 0.6) is 0 Å². The van der Waals surface area contributed by atoms with Crippen LogP contribution in [0.1, 0.15) is 17.3 Å². The van der Waals surface area contributed by atoms with Gasteiger partial charge in [0.05, 0.1) is 0 Å². The van der Waals surface area contributed by atoms with Gasteiger partial charge in [0.2, 0.25) is 0 Å². The molecule has 0 N–H and O–H groups in total. The molecule has 0 aromatic heterocycles. The van der Waals surface area contributed by atoms with Gasteiger partial charge in [-0.2, -0.15) is 0 Å². The molecule has 3 aromatic carbocycles. The van der Waals surface area contributed by atoms with E-state index in [4.69, 9.17) is 4.74 Å². The maximum absolute atomic E-state index is 11.9. The van der Waals surface area contributed by atoms with Crippen LogP contribution in [0.2, 0.25) is 0 Å². The first-order valence-electron chi connectivity index (χ1n) is 8.05. The van der Waals surface area contributed by atoms with E-state index in [1.165, 1.54) is 21.7 Å². The molecule has 118 valence electrons. The predicted molar refractivity (Wildman–Crippen MR) is 98.9 cm³/mol. The van der Waals surface area contributed by atoms with Crippen LogP contribution in [0.4, 0.5) is 0 Å². The van der Waals surface area contributed by atoms with Crippen LogP contribution in [0.15, 0.2) is 72.8 Å². The fourth-order valence-electron chi connectivity index (χ4n) is 3.16. The summed E-state index contributed by atoms with van der Waals surface area (Å²) >= 11 is -1.99. The minimum atomic E-state index is -1.99. The number of ether oxygens (including phenoxy) is 1. The Bertz CT molecular complexity index is 854. The monoisotopic (exact) mass is 422 g/mol. The Hall–Kier alpha value is -2.05. The van der Waals surface area contributed by atoms with Gasteiger partial charge in [0.15, 0.2) is 0 Å². The first-order valence-corrected chi connectivity index (χ1v) is 11.9. The Balaban J connectivity index is 1.78. The van der Waals surface area contributed by atoms with E-state index in [1.807, 2.05) is 19.1 Å². The number of benzene rings is 3. The van der Waals surface area contributed by atoms with Gasteiger partial charge >= 0.3 is 149 Å². The van der Waals surface area contributed by atoms with Crippen LogP contribution in [0.3, 0.4) is 0 Å². The zero-order valence-electron chi connectivity index (χ0n) is 13.4. The molecule has 3 aromatic rings. The zero-order chi connectivity index (χ0) is 16.5. The third kappa shape index (κ3) is 2.55. The summed E-state index contributed by atoms with van der Waals surface area (Å²) in [6.45, 7) is 2.23. The first kappa shape index (κ1) is 15.5. The second kappa shape index (κ2) is 6.45. The van der Waals surface area contributed by atoms with Crippen molar-refractivity contribution in [3.63, 3.8) is 0 Å². The van der Waals surface area contributed by atoms with Crippen molar-refractivity contribution >= 4 is 36.7 Å². The van der Waals surface area contributed by atoms with Crippen LogP contribution < -0.4 is 10.5 Å². The number of esters is 1. The zero-order valence-corrected chi connectivity index (χ0v) is 16.0. The van der Waals surface area contributed by atoms with Gasteiger partial charge in [0.25, 0.3) is 0 Å². The molecular formula is C21H17O2Sb. The van der Waals surface area contributed by atoms with Gasteiger partial charge in [-0.1, -0.05) is 0 Å². The number of rotatable bonds is 3. The molecule has 0 aliphatic carbocycles. The van der Waals surface area contributed by atoms with Gasteiger partial charge < -0.3 is 0 Å². The van der Waals surface area contributed by atoms with Crippen LogP contribution in [0.25, 0.3) is 11.1 Å². The molecule has 1 aliphatic heterocycles. The Morgan fingerprint density at radius 3 is 1.92 bits per heavy atom. The predicted octanol–water partition coefficient (Wildman–Crippen LogP) is 2.36. The molecule has 0 spiro atoms. The van der Waals surface area contributed by atoms with Gasteiger partial charge in [-0.15, -0.1) is 0 Å². The van der Waals surface area contributed by atoms with E-state index in [0.717, 1.165) is 0 Å². The van der Waals surface area contributed by atoms with Gasteiger partial charge in [-0.25, -0.2) is 0 Å². The van der Waals surface area contributed by atoms with Crippen molar-refractivity contribution in [3.8, 4) is 11.1 Å². The van der Waals surface area contributed by atoms with Gasteiger partial charge in [0.1, 0.15) is 0 Å². The molecule has 24 heavy (non-hydrogen) atoms. The summed E-state index contributed by atoms with van der Waals surface area (Å²) < 4.78 is 9.47.